The van der Waals surface area contributed by atoms with Crippen LogP contribution in [-0.2, 0) is 68.0 Å². The molecule has 1 aliphatic heterocycles. The number of carbonyl (C=O) groups is 12. The number of halogens is 7. The van der Waals surface area contributed by atoms with Crippen LogP contribution in [0.1, 0.15) is 116 Å². The number of urea groups is 5. The molecule has 1 heterocycles. The summed E-state index contributed by atoms with van der Waals surface area (Å²) in [6, 6.07) is 91.8. The van der Waals surface area contributed by atoms with E-state index in [0.29, 0.717) is 98.4 Å². The van der Waals surface area contributed by atoms with Gasteiger partial charge in [-0.05, 0) is 198 Å². The first-order valence-electron chi connectivity index (χ1n) is 44.3. The number of rotatable bonds is 24. The van der Waals surface area contributed by atoms with E-state index in [1.54, 1.807) is 95.6 Å². The number of carbonyl (C=O) groups excluding carboxylic acids is 15. The van der Waals surface area contributed by atoms with Crippen LogP contribution in [0, 0.1) is 34.6 Å². The highest BCUT2D eigenvalue weighted by molar-refractivity contribution is 6.65. The number of nitrogens with zero attached hydrogens (tertiary/aromatic N) is 11. The average molecular weight is 2140 g/mol. The average Bonchev–Trinajstić information content (AvgIpc) is 0.789. The van der Waals surface area contributed by atoms with Crippen molar-refractivity contribution >= 4 is 167 Å². The van der Waals surface area contributed by atoms with Gasteiger partial charge in [0, 0.05) is 78.5 Å². The minimum Gasteiger partial charge on any atom is -0.428 e. The second-order valence-corrected chi connectivity index (χ2v) is 27.8. The SMILES string of the molecule is CCN1C(=O)N(CC)C1=O.CCNC(=O)Cl.CCNC(=O)Cl.CCNC(=O)Cl.CCNC(=O)N(CC)C(=O)Cl.CCNC(=O)N(CC)C(=O)Cl.CCNC(=O)N(CC)C(=O)Cl.CCOC#N.N#COCc1ccccc1.N#COCc1ccccc1.O=C(Cl)NCc1ccccc1.O=C=NCc1ccccc1.O=C=NCc1ccccc1.O=C=NCc1ccccc1.c1ccccc1.c1ccccc1.c1ccccc1. The van der Waals surface area contributed by atoms with Gasteiger partial charge in [-0.2, -0.15) is 15.8 Å². The fourth-order valence-electron chi connectivity index (χ4n) is 8.64. The van der Waals surface area contributed by atoms with Gasteiger partial charge in [0.15, 0.2) is 0 Å². The molecule has 43 heteroatoms. The van der Waals surface area contributed by atoms with Crippen LogP contribution in [0.5, 0.6) is 0 Å². The van der Waals surface area contributed by atoms with Gasteiger partial charge in [-0.25, -0.2) is 63.1 Å². The number of amides is 17. The Morgan fingerprint density at radius 2 is 0.469 bits per heavy atom. The van der Waals surface area contributed by atoms with Crippen molar-refractivity contribution in [3.8, 4) is 18.8 Å². The normalized spacial score (nSPS) is 8.99. The zero-order valence-corrected chi connectivity index (χ0v) is 88.1. The second-order valence-electron chi connectivity index (χ2n) is 25.5. The van der Waals surface area contributed by atoms with Gasteiger partial charge in [-0.15, -0.1) is 0 Å². The number of hydrogen-bond acceptors (Lipinski definition) is 24. The summed E-state index contributed by atoms with van der Waals surface area (Å²) in [5.74, 6) is 0. The molecule has 17 amide bonds. The molecule has 0 saturated carbocycles. The van der Waals surface area contributed by atoms with Crippen molar-refractivity contribution < 1.29 is 86.1 Å². The third-order valence-electron chi connectivity index (χ3n) is 15.1. The lowest BCUT2D eigenvalue weighted by atomic mass is 10.2. The first-order valence-corrected chi connectivity index (χ1v) is 46.9. The molecule has 9 aromatic carbocycles. The number of isocyanates is 3. The summed E-state index contributed by atoms with van der Waals surface area (Å²) in [7, 11) is 0. The van der Waals surface area contributed by atoms with E-state index >= 15 is 0 Å². The second kappa shape index (κ2) is 109. The van der Waals surface area contributed by atoms with Gasteiger partial charge in [0.1, 0.15) is 13.2 Å². The summed E-state index contributed by atoms with van der Waals surface area (Å²) in [5, 5.41) is 36.3. The van der Waals surface area contributed by atoms with Crippen LogP contribution in [0.3, 0.4) is 0 Å². The van der Waals surface area contributed by atoms with E-state index in [-0.39, 0.29) is 31.7 Å². The number of nitriles is 3. The topological polar surface area (TPSA) is 493 Å². The predicted octanol–water partition coefficient (Wildman–Crippen LogP) is 23.6. The Kier molecular flexibility index (Phi) is 107. The molecule has 36 nitrogen and oxygen atoms in total. The van der Waals surface area contributed by atoms with Gasteiger partial charge < -0.3 is 51.4 Å². The Morgan fingerprint density at radius 3 is 0.607 bits per heavy atom. The van der Waals surface area contributed by atoms with Crippen LogP contribution in [-0.4, -0.2) is 189 Å². The van der Waals surface area contributed by atoms with Crippen LogP contribution < -0.4 is 37.2 Å². The Morgan fingerprint density at radius 1 is 0.283 bits per heavy atom. The number of hydrogen-bond donors (Lipinski definition) is 7. The van der Waals surface area contributed by atoms with E-state index < -0.39 is 55.7 Å². The summed E-state index contributed by atoms with van der Waals surface area (Å²) in [6.07, 6.45) is 9.22. The lowest BCUT2D eigenvalue weighted by Gasteiger charge is -2.37. The molecule has 0 radical (unpaired) electrons. The van der Waals surface area contributed by atoms with Gasteiger partial charge in [-0.3, -0.25) is 48.3 Å². The molecule has 0 bridgehead atoms. The van der Waals surface area contributed by atoms with Crippen molar-refractivity contribution in [2.24, 2.45) is 15.0 Å². The summed E-state index contributed by atoms with van der Waals surface area (Å²) in [6.45, 7) is 29.2. The zero-order valence-electron chi connectivity index (χ0n) is 82.9. The smallest absolute Gasteiger partial charge is 0.336 e. The standard InChI is InChI=1S/C8H8ClNO.5C8H7NO.3C6H11ClN2O2.C6H10N2O2.3C6H6.3C3H6ClNO.C3H5NO/c9-8(11)10-6-7-4-2-1-3-5-7;2*9-7-10-6-8-4-2-1-3-5-8;3*10-7-9-6-8-4-2-1-3-5-8;3*1-3-8-6(11)9(4-2)5(7)10;1-3-7-5(9)8(4-2)6(7)10;3*1-2-4-6-5-3-1;3*1-2-5-3(4)6;1-2-5-3-4/h1-5H,6H2,(H,10,11);5*1-5H,6H2;3*3-4H2,1-2H3,(H,8,11);3-4H2,1-2H3;3*1-6H;3*2H2,1H3,(H,5,6);2H2,1H3. The Balaban J connectivity index is -0.000000281. The number of nitrogens with one attached hydrogen (secondary N) is 7. The first kappa shape index (κ1) is 143. The van der Waals surface area contributed by atoms with E-state index in [9.17, 15) is 71.9 Å². The van der Waals surface area contributed by atoms with Gasteiger partial charge in [0.05, 0.1) is 26.2 Å². The fourth-order valence-corrected chi connectivity index (χ4v) is 9.70. The molecule has 0 spiro atoms. The predicted molar refractivity (Wildman–Crippen MR) is 568 cm³/mol. The maximum absolute atomic E-state index is 10.9. The zero-order chi connectivity index (χ0) is 110. The van der Waals surface area contributed by atoms with Gasteiger partial charge in [-0.1, -0.05) is 291 Å². The van der Waals surface area contributed by atoms with Crippen molar-refractivity contribution in [3.63, 3.8) is 0 Å². The molecule has 1 aliphatic rings. The maximum atomic E-state index is 10.9. The van der Waals surface area contributed by atoms with Gasteiger partial charge in [0.25, 0.3) is 18.8 Å². The quantitative estimate of drug-likeness (QED) is 0.00971. The minimum absolute atomic E-state index is 0.171. The highest BCUT2D eigenvalue weighted by atomic mass is 35.5. The van der Waals surface area contributed by atoms with Crippen molar-refractivity contribution in [2.75, 3.05) is 78.6 Å². The molecular weight excluding hydrogens is 2010 g/mol. The van der Waals surface area contributed by atoms with Crippen LogP contribution >= 0.6 is 81.2 Å². The van der Waals surface area contributed by atoms with Crippen LogP contribution in [0.15, 0.2) is 306 Å². The van der Waals surface area contributed by atoms with Crippen molar-refractivity contribution in [3.05, 3.63) is 325 Å². The molecule has 0 aromatic heterocycles. The van der Waals surface area contributed by atoms with Gasteiger partial charge >= 0.3 is 67.7 Å². The highest BCUT2D eigenvalue weighted by Gasteiger charge is 2.41. The first-order chi connectivity index (χ1) is 69.8. The molecule has 0 atom stereocenters. The van der Waals surface area contributed by atoms with Crippen LogP contribution in [0.25, 0.3) is 0 Å². The summed E-state index contributed by atoms with van der Waals surface area (Å²) < 4.78 is 13.2. The lowest BCUT2D eigenvalue weighted by Crippen LogP contribution is -2.63. The molecule has 9 aromatic rings. The molecule has 0 aliphatic carbocycles. The molecule has 10 rings (SSSR count). The van der Waals surface area contributed by atoms with E-state index in [1.165, 1.54) is 34.3 Å². The van der Waals surface area contributed by atoms with Crippen molar-refractivity contribution in [1.29, 1.82) is 15.8 Å². The fraction of sp³-hybridized carbons (Fsp3) is 0.294. The van der Waals surface area contributed by atoms with Crippen LogP contribution in [0.2, 0.25) is 0 Å². The monoisotopic (exact) mass is 2140 g/mol. The summed E-state index contributed by atoms with van der Waals surface area (Å²) in [5.41, 5.74) is 6.18. The van der Waals surface area contributed by atoms with E-state index in [0.717, 1.165) is 48.1 Å². The molecule has 1 saturated heterocycles. The summed E-state index contributed by atoms with van der Waals surface area (Å²) in [4.78, 5) is 170. The van der Waals surface area contributed by atoms with Crippen LogP contribution in [0.4, 0.5) is 57.5 Å². The number of benzene rings is 9. The van der Waals surface area contributed by atoms with E-state index in [4.69, 9.17) is 97.0 Å². The molecule has 782 valence electrons. The lowest BCUT2D eigenvalue weighted by molar-refractivity contribution is 0.110. The Bertz CT molecular complexity index is 4600. The number of ether oxygens (including phenoxy) is 3. The third kappa shape index (κ3) is 97.3. The summed E-state index contributed by atoms with van der Waals surface area (Å²) >= 11 is 34.9. The largest absolute Gasteiger partial charge is 0.428 e. The molecular formula is C102H127Cl7N18O18. The van der Waals surface area contributed by atoms with Crippen molar-refractivity contribution in [2.45, 2.75) is 122 Å². The highest BCUT2D eigenvalue weighted by Crippen LogP contribution is 2.14. The molecule has 0 unspecified atom stereocenters. The molecule has 1 fully saturated rings. The van der Waals surface area contributed by atoms with E-state index in [2.05, 4.69) is 66.4 Å². The molecule has 7 N–H and O–H groups in total. The number of imide groups is 5. The van der Waals surface area contributed by atoms with Crippen molar-refractivity contribution in [1.82, 2.24) is 61.7 Å². The Labute approximate surface area is 884 Å². The maximum Gasteiger partial charge on any atom is 0.336 e. The number of aliphatic imine (C=N–C) groups is 3. The van der Waals surface area contributed by atoms with E-state index in [1.807, 2.05) is 291 Å². The van der Waals surface area contributed by atoms with Gasteiger partial charge in [0.2, 0.25) is 18.2 Å². The minimum atomic E-state index is -0.751. The third-order valence-corrected chi connectivity index (χ3v) is 16.2. The molecule has 145 heavy (non-hydrogen) atoms. The Hall–Kier alpha value is -15.3.